The topological polar surface area (TPSA) is 72.5 Å². The van der Waals surface area contributed by atoms with Crippen LogP contribution in [0.2, 0.25) is 0 Å². The van der Waals surface area contributed by atoms with Crippen LogP contribution in [0, 0.1) is 0 Å². The first kappa shape index (κ1) is 20.4. The van der Waals surface area contributed by atoms with Crippen LogP contribution < -0.4 is 15.4 Å². The van der Waals surface area contributed by atoms with Crippen molar-refractivity contribution < 1.29 is 14.3 Å². The van der Waals surface area contributed by atoms with Crippen molar-refractivity contribution in [3.8, 4) is 5.75 Å². The van der Waals surface area contributed by atoms with Crippen molar-refractivity contribution in [3.05, 3.63) is 89.7 Å². The monoisotopic (exact) mass is 391 g/mol. The Morgan fingerprint density at radius 3 is 2.55 bits per heavy atom. The number of hydrogen-bond acceptors (Lipinski definition) is 5. The predicted molar refractivity (Wildman–Crippen MR) is 113 cm³/mol. The van der Waals surface area contributed by atoms with Gasteiger partial charge in [-0.3, -0.25) is 9.78 Å². The molecule has 2 N–H and O–H groups in total. The summed E-state index contributed by atoms with van der Waals surface area (Å²) >= 11 is 0. The molecule has 0 fully saturated rings. The molecule has 29 heavy (non-hydrogen) atoms. The number of benzene rings is 2. The van der Waals surface area contributed by atoms with Crippen molar-refractivity contribution in [1.29, 1.82) is 0 Å². The smallest absolute Gasteiger partial charge is 0.253 e. The molecule has 2 aromatic carbocycles. The van der Waals surface area contributed by atoms with E-state index in [-0.39, 0.29) is 12.6 Å². The number of carbonyl (C=O) groups excluding carboxylic acids is 1. The van der Waals surface area contributed by atoms with Crippen LogP contribution in [0.4, 0.5) is 5.69 Å². The van der Waals surface area contributed by atoms with Gasteiger partial charge in [0.1, 0.15) is 12.5 Å². The van der Waals surface area contributed by atoms with Gasteiger partial charge in [-0.25, -0.2) is 0 Å². The van der Waals surface area contributed by atoms with Gasteiger partial charge in [0.15, 0.2) is 0 Å². The lowest BCUT2D eigenvalue weighted by molar-refractivity contribution is 0.0954. The van der Waals surface area contributed by atoms with E-state index in [9.17, 15) is 4.79 Å². The van der Waals surface area contributed by atoms with Crippen molar-refractivity contribution >= 4 is 11.6 Å². The van der Waals surface area contributed by atoms with E-state index in [2.05, 4.69) is 15.6 Å². The minimum atomic E-state index is -0.138. The number of ether oxygens (including phenoxy) is 2. The first-order chi connectivity index (χ1) is 14.3. The van der Waals surface area contributed by atoms with Gasteiger partial charge in [-0.15, -0.1) is 0 Å². The van der Waals surface area contributed by atoms with E-state index in [0.717, 1.165) is 17.7 Å². The molecular formula is C23H25N3O3. The second-order valence-corrected chi connectivity index (χ2v) is 6.43. The summed E-state index contributed by atoms with van der Waals surface area (Å²) in [6, 6.07) is 19.5. The number of nitrogens with zero attached hydrogens (tertiary/aromatic N) is 1. The molecule has 0 aliphatic heterocycles. The van der Waals surface area contributed by atoms with Crippen LogP contribution in [0.15, 0.2) is 73.1 Å². The standard InChI is InChI=1S/C23H25N3O3/c1-28-20-9-7-19(8-10-20)16-29-17-26-22-15-24-13-12-21(22)23(27)25-14-11-18-5-3-2-4-6-18/h2-10,12-13,15,26H,11,14,16-17H2,1H3,(H,25,27). The molecule has 0 saturated heterocycles. The summed E-state index contributed by atoms with van der Waals surface area (Å²) in [6.45, 7) is 1.29. The quantitative estimate of drug-likeness (QED) is 0.408. The Morgan fingerprint density at radius 2 is 1.79 bits per heavy atom. The lowest BCUT2D eigenvalue weighted by Crippen LogP contribution is -2.26. The molecule has 0 spiro atoms. The third kappa shape index (κ3) is 6.33. The highest BCUT2D eigenvalue weighted by molar-refractivity contribution is 5.99. The number of methoxy groups -OCH3 is 1. The summed E-state index contributed by atoms with van der Waals surface area (Å²) in [5, 5.41) is 6.08. The molecule has 3 aromatic rings. The van der Waals surface area contributed by atoms with Crippen molar-refractivity contribution in [1.82, 2.24) is 10.3 Å². The molecule has 0 aliphatic rings. The zero-order valence-electron chi connectivity index (χ0n) is 16.4. The number of rotatable bonds is 10. The van der Waals surface area contributed by atoms with Crippen LogP contribution in [0.25, 0.3) is 0 Å². The highest BCUT2D eigenvalue weighted by Gasteiger charge is 2.10. The van der Waals surface area contributed by atoms with Gasteiger partial charge in [-0.05, 0) is 35.7 Å². The summed E-state index contributed by atoms with van der Waals surface area (Å²) in [4.78, 5) is 16.6. The Bertz CT molecular complexity index is 899. The van der Waals surface area contributed by atoms with Gasteiger partial charge in [0.05, 0.1) is 31.2 Å². The molecule has 1 amide bonds. The molecular weight excluding hydrogens is 366 g/mol. The Balaban J connectivity index is 1.46. The number of nitrogens with one attached hydrogen (secondary N) is 2. The van der Waals surface area contributed by atoms with Crippen LogP contribution in [0.1, 0.15) is 21.5 Å². The van der Waals surface area contributed by atoms with Gasteiger partial charge in [0.2, 0.25) is 0 Å². The first-order valence-corrected chi connectivity index (χ1v) is 9.47. The number of hydrogen-bond donors (Lipinski definition) is 2. The van der Waals surface area contributed by atoms with Crippen LogP contribution >= 0.6 is 0 Å². The van der Waals surface area contributed by atoms with Gasteiger partial charge in [-0.1, -0.05) is 42.5 Å². The van der Waals surface area contributed by atoms with Crippen molar-refractivity contribution in [3.63, 3.8) is 0 Å². The summed E-state index contributed by atoms with van der Waals surface area (Å²) in [5.74, 6) is 0.672. The van der Waals surface area contributed by atoms with Crippen LogP contribution in [0.3, 0.4) is 0 Å². The zero-order chi connectivity index (χ0) is 20.3. The fourth-order valence-corrected chi connectivity index (χ4v) is 2.81. The summed E-state index contributed by atoms with van der Waals surface area (Å²) in [7, 11) is 1.64. The second-order valence-electron chi connectivity index (χ2n) is 6.43. The predicted octanol–water partition coefficient (Wildman–Crippen LogP) is 3.65. The van der Waals surface area contributed by atoms with Gasteiger partial charge in [0.25, 0.3) is 5.91 Å². The molecule has 150 valence electrons. The van der Waals surface area contributed by atoms with Gasteiger partial charge >= 0.3 is 0 Å². The molecule has 0 aliphatic carbocycles. The summed E-state index contributed by atoms with van der Waals surface area (Å²) < 4.78 is 10.8. The summed E-state index contributed by atoms with van der Waals surface area (Å²) in [6.07, 6.45) is 4.02. The maximum Gasteiger partial charge on any atom is 0.253 e. The van der Waals surface area contributed by atoms with E-state index in [1.165, 1.54) is 5.56 Å². The number of pyridine rings is 1. The number of carbonyl (C=O) groups is 1. The lowest BCUT2D eigenvalue weighted by Gasteiger charge is -2.12. The number of aromatic nitrogens is 1. The molecule has 0 bridgehead atoms. The lowest BCUT2D eigenvalue weighted by atomic mass is 10.1. The highest BCUT2D eigenvalue weighted by atomic mass is 16.5. The van der Waals surface area contributed by atoms with E-state index in [0.29, 0.717) is 24.4 Å². The molecule has 1 aromatic heterocycles. The zero-order valence-corrected chi connectivity index (χ0v) is 16.4. The minimum Gasteiger partial charge on any atom is -0.497 e. The number of amides is 1. The third-order valence-electron chi connectivity index (χ3n) is 4.40. The maximum atomic E-state index is 12.5. The molecule has 1 heterocycles. The fraction of sp³-hybridized carbons (Fsp3) is 0.217. The molecule has 0 saturated carbocycles. The van der Waals surface area contributed by atoms with Crippen LogP contribution in [-0.4, -0.2) is 31.3 Å². The second kappa shape index (κ2) is 10.8. The molecule has 3 rings (SSSR count). The maximum absolute atomic E-state index is 12.5. The van der Waals surface area contributed by atoms with E-state index < -0.39 is 0 Å². The highest BCUT2D eigenvalue weighted by Crippen LogP contribution is 2.14. The first-order valence-electron chi connectivity index (χ1n) is 9.47. The average molecular weight is 391 g/mol. The molecule has 6 heteroatoms. The van der Waals surface area contributed by atoms with Gasteiger partial charge < -0.3 is 20.1 Å². The van der Waals surface area contributed by atoms with E-state index in [4.69, 9.17) is 9.47 Å². The third-order valence-corrected chi connectivity index (χ3v) is 4.40. The Hall–Kier alpha value is -3.38. The largest absolute Gasteiger partial charge is 0.497 e. The van der Waals surface area contributed by atoms with E-state index in [1.807, 2.05) is 54.6 Å². The molecule has 6 nitrogen and oxygen atoms in total. The van der Waals surface area contributed by atoms with Gasteiger partial charge in [0, 0.05) is 12.7 Å². The van der Waals surface area contributed by atoms with Gasteiger partial charge in [-0.2, -0.15) is 0 Å². The fourth-order valence-electron chi connectivity index (χ4n) is 2.81. The Morgan fingerprint density at radius 1 is 1.00 bits per heavy atom. The normalized spacial score (nSPS) is 10.4. The van der Waals surface area contributed by atoms with Crippen LogP contribution in [0.5, 0.6) is 5.75 Å². The number of anilines is 1. The Labute approximate surface area is 170 Å². The van der Waals surface area contributed by atoms with Crippen molar-refractivity contribution in [2.24, 2.45) is 0 Å². The summed E-state index contributed by atoms with van der Waals surface area (Å²) in [5.41, 5.74) is 3.41. The molecule has 0 radical (unpaired) electrons. The molecule has 0 unspecified atom stereocenters. The van der Waals surface area contributed by atoms with Crippen LogP contribution in [-0.2, 0) is 17.8 Å². The van der Waals surface area contributed by atoms with Crippen molar-refractivity contribution in [2.75, 3.05) is 25.7 Å². The average Bonchev–Trinajstić information content (AvgIpc) is 2.78. The Kier molecular flexibility index (Phi) is 7.60. The SMILES string of the molecule is COc1ccc(COCNc2cnccc2C(=O)NCCc2ccccc2)cc1. The van der Waals surface area contributed by atoms with Crippen molar-refractivity contribution in [2.45, 2.75) is 13.0 Å². The van der Waals surface area contributed by atoms with E-state index >= 15 is 0 Å². The minimum absolute atomic E-state index is 0.138. The molecule has 0 atom stereocenters. The van der Waals surface area contributed by atoms with E-state index in [1.54, 1.807) is 25.6 Å².